The van der Waals surface area contributed by atoms with Crippen molar-refractivity contribution in [3.63, 3.8) is 0 Å². The van der Waals surface area contributed by atoms with Crippen LogP contribution in [0.3, 0.4) is 0 Å². The highest BCUT2D eigenvalue weighted by molar-refractivity contribution is 7.12. The molecule has 6 nitrogen and oxygen atoms in total. The van der Waals surface area contributed by atoms with E-state index >= 15 is 0 Å². The van der Waals surface area contributed by atoms with Gasteiger partial charge >= 0.3 is 0 Å². The number of carbonyl (C=O) groups excluding carboxylic acids is 1. The maximum absolute atomic E-state index is 12.9. The second kappa shape index (κ2) is 8.91. The Hall–Kier alpha value is -3.16. The summed E-state index contributed by atoms with van der Waals surface area (Å²) in [6.07, 6.45) is 0.535. The van der Waals surface area contributed by atoms with Crippen molar-refractivity contribution in [1.82, 2.24) is 14.8 Å². The molecule has 0 bridgehead atoms. The van der Waals surface area contributed by atoms with Gasteiger partial charge in [-0.15, -0.1) is 11.3 Å². The number of carbonyl (C=O) groups is 1. The monoisotopic (exact) mass is 452 g/mol. The van der Waals surface area contributed by atoms with Crippen LogP contribution in [0, 0.1) is 13.8 Å². The zero-order chi connectivity index (χ0) is 22.0. The summed E-state index contributed by atoms with van der Waals surface area (Å²) >= 11 is 7.26. The van der Waals surface area contributed by atoms with E-state index in [1.54, 1.807) is 24.3 Å². The van der Waals surface area contributed by atoms with E-state index in [1.165, 1.54) is 21.6 Å². The molecule has 0 aliphatic heterocycles. The van der Waals surface area contributed by atoms with Crippen molar-refractivity contribution in [3.8, 4) is 16.4 Å². The molecule has 0 aliphatic carbocycles. The average Bonchev–Trinajstić information content (AvgIpc) is 3.34. The quantitative estimate of drug-likeness (QED) is 0.425. The van der Waals surface area contributed by atoms with E-state index in [-0.39, 0.29) is 17.9 Å². The molecule has 2 aromatic carbocycles. The number of aryl methyl sites for hydroxylation is 2. The minimum absolute atomic E-state index is 0.162. The van der Waals surface area contributed by atoms with Crippen LogP contribution in [0.1, 0.15) is 23.2 Å². The fourth-order valence-electron chi connectivity index (χ4n) is 3.23. The third-order valence-electron chi connectivity index (χ3n) is 4.95. The van der Waals surface area contributed by atoms with E-state index in [9.17, 15) is 9.59 Å². The summed E-state index contributed by atoms with van der Waals surface area (Å²) in [7, 11) is 0. The lowest BCUT2D eigenvalue weighted by molar-refractivity contribution is -0.116. The predicted molar refractivity (Wildman–Crippen MR) is 125 cm³/mol. The van der Waals surface area contributed by atoms with Gasteiger partial charge in [0.05, 0.1) is 5.69 Å². The Morgan fingerprint density at radius 3 is 2.55 bits per heavy atom. The smallest absolute Gasteiger partial charge is 0.276 e. The average molecular weight is 453 g/mol. The molecule has 0 radical (unpaired) electrons. The SMILES string of the molecule is Cc1ccc(-c2csc(-n3[nH]c(C)c(CCC(=O)Nc4ccc(Cl)cc4)c3=O)n2)cc1. The lowest BCUT2D eigenvalue weighted by Gasteiger charge is -2.04. The van der Waals surface area contributed by atoms with Crippen LogP contribution >= 0.6 is 22.9 Å². The topological polar surface area (TPSA) is 79.8 Å². The number of aromatic nitrogens is 3. The van der Waals surface area contributed by atoms with Gasteiger partial charge < -0.3 is 5.32 Å². The van der Waals surface area contributed by atoms with E-state index in [0.29, 0.717) is 27.8 Å². The molecule has 2 aromatic heterocycles. The van der Waals surface area contributed by atoms with Crippen LogP contribution in [0.2, 0.25) is 5.02 Å². The Morgan fingerprint density at radius 1 is 1.13 bits per heavy atom. The first-order valence-corrected chi connectivity index (χ1v) is 11.1. The predicted octanol–water partition coefficient (Wildman–Crippen LogP) is 5.13. The second-order valence-electron chi connectivity index (χ2n) is 7.29. The summed E-state index contributed by atoms with van der Waals surface area (Å²) in [4.78, 5) is 29.8. The third-order valence-corrected chi connectivity index (χ3v) is 6.03. The van der Waals surface area contributed by atoms with Gasteiger partial charge in [0, 0.05) is 39.3 Å². The number of nitrogens with zero attached hydrogens (tertiary/aromatic N) is 2. The van der Waals surface area contributed by atoms with Crippen molar-refractivity contribution < 1.29 is 4.79 Å². The number of benzene rings is 2. The molecule has 8 heteroatoms. The molecule has 0 spiro atoms. The van der Waals surface area contributed by atoms with Crippen LogP contribution in [0.5, 0.6) is 0 Å². The van der Waals surface area contributed by atoms with Gasteiger partial charge in [0.2, 0.25) is 11.0 Å². The highest BCUT2D eigenvalue weighted by atomic mass is 35.5. The first kappa shape index (κ1) is 21.1. The Bertz CT molecular complexity index is 1270. The molecule has 1 amide bonds. The molecule has 0 unspecified atom stereocenters. The highest BCUT2D eigenvalue weighted by Gasteiger charge is 2.16. The Kier molecular flexibility index (Phi) is 6.06. The van der Waals surface area contributed by atoms with Gasteiger partial charge in [0.15, 0.2) is 0 Å². The number of hydrogen-bond donors (Lipinski definition) is 2. The Morgan fingerprint density at radius 2 is 1.84 bits per heavy atom. The van der Waals surface area contributed by atoms with Gasteiger partial charge in [-0.1, -0.05) is 41.4 Å². The van der Waals surface area contributed by atoms with Crippen molar-refractivity contribution in [2.45, 2.75) is 26.7 Å². The zero-order valence-electron chi connectivity index (χ0n) is 17.1. The van der Waals surface area contributed by atoms with Crippen LogP contribution in [0.25, 0.3) is 16.4 Å². The van der Waals surface area contributed by atoms with E-state index in [4.69, 9.17) is 11.6 Å². The maximum atomic E-state index is 12.9. The summed E-state index contributed by atoms with van der Waals surface area (Å²) in [6.45, 7) is 3.87. The zero-order valence-corrected chi connectivity index (χ0v) is 18.7. The number of halogens is 1. The molecule has 4 aromatic rings. The summed E-state index contributed by atoms with van der Waals surface area (Å²) < 4.78 is 1.45. The number of thiazole rings is 1. The van der Waals surface area contributed by atoms with Gasteiger partial charge in [-0.3, -0.25) is 14.7 Å². The lowest BCUT2D eigenvalue weighted by atomic mass is 10.1. The molecule has 0 fully saturated rings. The van der Waals surface area contributed by atoms with Crippen molar-refractivity contribution in [2.24, 2.45) is 0 Å². The minimum Gasteiger partial charge on any atom is -0.326 e. The number of H-pyrrole nitrogens is 1. The molecule has 2 N–H and O–H groups in total. The fraction of sp³-hybridized carbons (Fsp3) is 0.174. The molecule has 0 atom stereocenters. The molecule has 0 saturated heterocycles. The first-order chi connectivity index (χ1) is 14.9. The van der Waals surface area contributed by atoms with Crippen molar-refractivity contribution in [3.05, 3.63) is 86.1 Å². The minimum atomic E-state index is -0.179. The molecule has 158 valence electrons. The lowest BCUT2D eigenvalue weighted by Crippen LogP contribution is -2.19. The summed E-state index contributed by atoms with van der Waals surface area (Å²) in [5.74, 6) is -0.162. The second-order valence-corrected chi connectivity index (χ2v) is 8.57. The van der Waals surface area contributed by atoms with E-state index in [1.807, 2.05) is 43.5 Å². The van der Waals surface area contributed by atoms with Gasteiger partial charge in [-0.2, -0.15) is 4.68 Å². The van der Waals surface area contributed by atoms with Crippen molar-refractivity contribution in [2.75, 3.05) is 5.32 Å². The first-order valence-electron chi connectivity index (χ1n) is 9.79. The molecule has 4 rings (SSSR count). The van der Waals surface area contributed by atoms with Gasteiger partial charge in [-0.05, 0) is 44.5 Å². The molecule has 31 heavy (non-hydrogen) atoms. The number of rotatable bonds is 6. The largest absolute Gasteiger partial charge is 0.326 e. The van der Waals surface area contributed by atoms with E-state index < -0.39 is 0 Å². The number of hydrogen-bond acceptors (Lipinski definition) is 4. The van der Waals surface area contributed by atoms with Crippen molar-refractivity contribution >= 4 is 34.5 Å². The van der Waals surface area contributed by atoms with E-state index in [0.717, 1.165) is 17.0 Å². The van der Waals surface area contributed by atoms with Crippen LogP contribution in [-0.4, -0.2) is 20.7 Å². The van der Waals surface area contributed by atoms with Crippen LogP contribution in [0.4, 0.5) is 5.69 Å². The molecule has 0 aliphatic rings. The number of nitrogens with one attached hydrogen (secondary N) is 2. The Labute approximate surface area is 188 Å². The molecular weight excluding hydrogens is 432 g/mol. The van der Waals surface area contributed by atoms with Crippen LogP contribution in [-0.2, 0) is 11.2 Å². The van der Waals surface area contributed by atoms with Crippen LogP contribution in [0.15, 0.2) is 58.7 Å². The van der Waals surface area contributed by atoms with Crippen molar-refractivity contribution in [1.29, 1.82) is 0 Å². The standard InChI is InChI=1S/C23H21ClN4O2S/c1-14-3-5-16(6-4-14)20-13-31-23(26-20)28-22(30)19(15(2)27-28)11-12-21(29)25-18-9-7-17(24)8-10-18/h3-10,13,27H,11-12H2,1-2H3,(H,25,29). The highest BCUT2D eigenvalue weighted by Crippen LogP contribution is 2.24. The molecular formula is C23H21ClN4O2S. The van der Waals surface area contributed by atoms with E-state index in [2.05, 4.69) is 15.4 Å². The summed E-state index contributed by atoms with van der Waals surface area (Å²) in [6, 6.07) is 15.0. The Balaban J connectivity index is 1.47. The van der Waals surface area contributed by atoms with Crippen LogP contribution < -0.4 is 10.9 Å². The number of aromatic amines is 1. The summed E-state index contributed by atoms with van der Waals surface area (Å²) in [5.41, 5.74) is 4.81. The van der Waals surface area contributed by atoms with Gasteiger partial charge in [-0.25, -0.2) is 4.98 Å². The number of anilines is 1. The third kappa shape index (κ3) is 4.78. The fourth-order valence-corrected chi connectivity index (χ4v) is 4.15. The van der Waals surface area contributed by atoms with Gasteiger partial charge in [0.1, 0.15) is 0 Å². The van der Waals surface area contributed by atoms with Gasteiger partial charge in [0.25, 0.3) is 5.56 Å². The maximum Gasteiger partial charge on any atom is 0.276 e. The number of amides is 1. The summed E-state index contributed by atoms with van der Waals surface area (Å²) in [5, 5.41) is 9.01. The normalized spacial score (nSPS) is 10.9. The molecule has 0 saturated carbocycles. The molecule has 2 heterocycles.